The molecule has 28 heavy (non-hydrogen) atoms. The van der Waals surface area contributed by atoms with Gasteiger partial charge in [-0.15, -0.1) is 0 Å². The second-order valence-corrected chi connectivity index (χ2v) is 5.85. The first-order chi connectivity index (χ1) is 13.4. The highest BCUT2D eigenvalue weighted by Crippen LogP contribution is 2.29. The van der Waals surface area contributed by atoms with E-state index in [2.05, 4.69) is 5.32 Å². The van der Waals surface area contributed by atoms with Crippen molar-refractivity contribution in [1.29, 1.82) is 0 Å². The summed E-state index contributed by atoms with van der Waals surface area (Å²) in [6.45, 7) is 0. The number of hydrogen-bond acceptors (Lipinski definition) is 3. The summed E-state index contributed by atoms with van der Waals surface area (Å²) in [6, 6.07) is 14.2. The lowest BCUT2D eigenvalue weighted by Gasteiger charge is -2.12. The van der Waals surface area contributed by atoms with Crippen LogP contribution >= 0.6 is 0 Å². The van der Waals surface area contributed by atoms with Crippen LogP contribution < -0.4 is 10.1 Å². The van der Waals surface area contributed by atoms with Crippen LogP contribution in [0.4, 0.5) is 14.5 Å². The van der Waals surface area contributed by atoms with Crippen LogP contribution in [0.15, 0.2) is 60.7 Å². The number of carboxylic acids is 1. The normalized spacial score (nSPS) is 10.4. The first kappa shape index (κ1) is 19.0. The van der Waals surface area contributed by atoms with Crippen molar-refractivity contribution in [2.75, 3.05) is 12.4 Å². The molecule has 0 unspecified atom stereocenters. The lowest BCUT2D eigenvalue weighted by Crippen LogP contribution is -2.18. The number of amides is 1. The summed E-state index contributed by atoms with van der Waals surface area (Å²) in [5.41, 5.74) is -0.333. The van der Waals surface area contributed by atoms with Crippen LogP contribution in [-0.2, 0) is 0 Å². The van der Waals surface area contributed by atoms with E-state index < -0.39 is 29.2 Å². The van der Waals surface area contributed by atoms with E-state index in [0.717, 1.165) is 12.1 Å². The lowest BCUT2D eigenvalue weighted by atomic mass is 10.0. The Morgan fingerprint density at radius 2 is 1.54 bits per heavy atom. The first-order valence-corrected chi connectivity index (χ1v) is 8.18. The van der Waals surface area contributed by atoms with Gasteiger partial charge in [0.25, 0.3) is 5.91 Å². The monoisotopic (exact) mass is 383 g/mol. The van der Waals surface area contributed by atoms with E-state index in [0.29, 0.717) is 11.3 Å². The molecule has 7 heteroatoms. The predicted octanol–water partition coefficient (Wildman–Crippen LogP) is 4.59. The van der Waals surface area contributed by atoms with Gasteiger partial charge in [-0.05, 0) is 47.5 Å². The van der Waals surface area contributed by atoms with Crippen molar-refractivity contribution in [2.24, 2.45) is 0 Å². The predicted molar refractivity (Wildman–Crippen MR) is 99.7 cm³/mol. The van der Waals surface area contributed by atoms with Gasteiger partial charge in [0, 0.05) is 0 Å². The Morgan fingerprint density at radius 1 is 0.893 bits per heavy atom. The smallest absolute Gasteiger partial charge is 0.336 e. The summed E-state index contributed by atoms with van der Waals surface area (Å²) in [5.74, 6) is -3.69. The summed E-state index contributed by atoms with van der Waals surface area (Å²) >= 11 is 0. The van der Waals surface area contributed by atoms with E-state index in [4.69, 9.17) is 9.84 Å². The van der Waals surface area contributed by atoms with Crippen molar-refractivity contribution in [3.63, 3.8) is 0 Å². The van der Waals surface area contributed by atoms with Crippen molar-refractivity contribution >= 4 is 17.6 Å². The van der Waals surface area contributed by atoms with Gasteiger partial charge >= 0.3 is 5.97 Å². The van der Waals surface area contributed by atoms with Crippen molar-refractivity contribution in [3.05, 3.63) is 83.4 Å². The minimum atomic E-state index is -1.32. The van der Waals surface area contributed by atoms with Crippen LogP contribution in [0, 0.1) is 11.6 Å². The quantitative estimate of drug-likeness (QED) is 0.676. The van der Waals surface area contributed by atoms with E-state index in [1.807, 2.05) is 0 Å². The Labute approximate surface area is 159 Å². The topological polar surface area (TPSA) is 75.6 Å². The molecule has 142 valence electrons. The highest BCUT2D eigenvalue weighted by atomic mass is 19.1. The number of benzene rings is 3. The fourth-order valence-electron chi connectivity index (χ4n) is 2.71. The second kappa shape index (κ2) is 7.87. The number of aromatic carboxylic acids is 1. The number of carbonyl (C=O) groups excluding carboxylic acids is 1. The number of ether oxygens (including phenoxy) is 1. The fraction of sp³-hybridized carbons (Fsp3) is 0.0476. The molecule has 0 aliphatic carbocycles. The van der Waals surface area contributed by atoms with E-state index >= 15 is 0 Å². The number of carboxylic acid groups (broad SMARTS) is 1. The molecule has 0 saturated carbocycles. The molecule has 0 aromatic heterocycles. The molecule has 0 spiro atoms. The molecule has 0 fully saturated rings. The molecule has 5 nitrogen and oxygen atoms in total. The summed E-state index contributed by atoms with van der Waals surface area (Å²) in [4.78, 5) is 23.6. The van der Waals surface area contributed by atoms with Gasteiger partial charge in [-0.25, -0.2) is 13.6 Å². The Hall–Kier alpha value is -3.74. The van der Waals surface area contributed by atoms with Crippen molar-refractivity contribution in [1.82, 2.24) is 0 Å². The van der Waals surface area contributed by atoms with E-state index in [1.54, 1.807) is 24.3 Å². The van der Waals surface area contributed by atoms with Crippen molar-refractivity contribution < 1.29 is 28.2 Å². The third kappa shape index (κ3) is 3.83. The van der Waals surface area contributed by atoms with Gasteiger partial charge in [0.05, 0.1) is 18.2 Å². The van der Waals surface area contributed by atoms with Gasteiger partial charge in [-0.3, -0.25) is 4.79 Å². The average Bonchev–Trinajstić information content (AvgIpc) is 2.70. The number of nitrogens with one attached hydrogen (secondary N) is 1. The van der Waals surface area contributed by atoms with E-state index in [9.17, 15) is 18.4 Å². The third-order valence-electron chi connectivity index (χ3n) is 4.09. The minimum Gasteiger partial charge on any atom is -0.497 e. The van der Waals surface area contributed by atoms with E-state index in [-0.39, 0.29) is 16.7 Å². The zero-order chi connectivity index (χ0) is 20.3. The Kier molecular flexibility index (Phi) is 5.35. The number of methoxy groups -OCH3 is 1. The number of anilines is 1. The largest absolute Gasteiger partial charge is 0.497 e. The Morgan fingerprint density at radius 3 is 2.14 bits per heavy atom. The standard InChI is InChI=1S/C21H15F2NO4/c1-28-14-6-4-5-12(9-14)13-10-17(22)19(18(23)11-13)24-20(25)15-7-2-3-8-16(15)21(26)27/h2-11H,1H3,(H,24,25)(H,26,27). The van der Waals surface area contributed by atoms with Crippen LogP contribution in [0.3, 0.4) is 0 Å². The van der Waals surface area contributed by atoms with Crippen LogP contribution in [0.2, 0.25) is 0 Å². The van der Waals surface area contributed by atoms with Crippen LogP contribution in [0.5, 0.6) is 5.75 Å². The first-order valence-electron chi connectivity index (χ1n) is 8.18. The van der Waals surface area contributed by atoms with Crippen LogP contribution in [0.25, 0.3) is 11.1 Å². The second-order valence-electron chi connectivity index (χ2n) is 5.85. The van der Waals surface area contributed by atoms with Gasteiger partial charge < -0.3 is 15.2 Å². The molecular formula is C21H15F2NO4. The molecule has 0 aliphatic heterocycles. The maximum atomic E-state index is 14.5. The van der Waals surface area contributed by atoms with Crippen molar-refractivity contribution in [2.45, 2.75) is 0 Å². The molecule has 3 rings (SSSR count). The SMILES string of the molecule is COc1cccc(-c2cc(F)c(NC(=O)c3ccccc3C(=O)O)c(F)c2)c1. The van der Waals surface area contributed by atoms with Crippen LogP contribution in [-0.4, -0.2) is 24.1 Å². The van der Waals surface area contributed by atoms with Gasteiger partial charge in [0.15, 0.2) is 0 Å². The molecule has 0 heterocycles. The Balaban J connectivity index is 1.94. The van der Waals surface area contributed by atoms with Crippen LogP contribution in [0.1, 0.15) is 20.7 Å². The molecule has 0 saturated heterocycles. The molecule has 3 aromatic carbocycles. The minimum absolute atomic E-state index is 0.203. The number of halogens is 2. The molecular weight excluding hydrogens is 368 g/mol. The highest BCUT2D eigenvalue weighted by Gasteiger charge is 2.20. The molecule has 0 radical (unpaired) electrons. The summed E-state index contributed by atoms with van der Waals surface area (Å²) in [5, 5.41) is 11.3. The molecule has 2 N–H and O–H groups in total. The fourth-order valence-corrected chi connectivity index (χ4v) is 2.71. The zero-order valence-electron chi connectivity index (χ0n) is 14.7. The van der Waals surface area contributed by atoms with Gasteiger partial charge in [0.1, 0.15) is 23.1 Å². The third-order valence-corrected chi connectivity index (χ3v) is 4.09. The molecule has 3 aromatic rings. The number of carbonyl (C=O) groups is 2. The van der Waals surface area contributed by atoms with E-state index in [1.165, 1.54) is 31.4 Å². The molecule has 0 atom stereocenters. The molecule has 0 aliphatic rings. The highest BCUT2D eigenvalue weighted by molar-refractivity contribution is 6.10. The van der Waals surface area contributed by atoms with Crippen molar-refractivity contribution in [3.8, 4) is 16.9 Å². The summed E-state index contributed by atoms with van der Waals surface area (Å²) < 4.78 is 34.1. The molecule has 1 amide bonds. The number of hydrogen-bond donors (Lipinski definition) is 2. The number of rotatable bonds is 5. The average molecular weight is 383 g/mol. The maximum Gasteiger partial charge on any atom is 0.336 e. The van der Waals surface area contributed by atoms with Gasteiger partial charge in [-0.1, -0.05) is 24.3 Å². The molecule has 0 bridgehead atoms. The lowest BCUT2D eigenvalue weighted by molar-refractivity contribution is 0.0692. The summed E-state index contributed by atoms with van der Waals surface area (Å²) in [6.07, 6.45) is 0. The summed E-state index contributed by atoms with van der Waals surface area (Å²) in [7, 11) is 1.48. The maximum absolute atomic E-state index is 14.5. The van der Waals surface area contributed by atoms with Gasteiger partial charge in [0.2, 0.25) is 0 Å². The van der Waals surface area contributed by atoms with Gasteiger partial charge in [-0.2, -0.15) is 0 Å². The Bertz CT molecular complexity index is 1040. The zero-order valence-corrected chi connectivity index (χ0v) is 14.7.